The molecule has 2 aliphatic rings. The van der Waals surface area contributed by atoms with Crippen LogP contribution in [-0.2, 0) is 9.59 Å². The Labute approximate surface area is 181 Å². The average Bonchev–Trinajstić information content (AvgIpc) is 2.75. The van der Waals surface area contributed by atoms with E-state index in [1.807, 2.05) is 4.90 Å². The average molecular weight is 418 g/mol. The summed E-state index contributed by atoms with van der Waals surface area (Å²) >= 11 is 0. The van der Waals surface area contributed by atoms with Crippen LogP contribution in [0, 0.1) is 13.8 Å². The Hall–Kier alpha value is -2.12. The van der Waals surface area contributed by atoms with Gasteiger partial charge >= 0.3 is 0 Å². The number of nitrogens with one attached hydrogen (secondary N) is 3. The van der Waals surface area contributed by atoms with Crippen molar-refractivity contribution < 1.29 is 19.4 Å². The molecular formula is C23H39N5O2+2. The van der Waals surface area contributed by atoms with E-state index in [2.05, 4.69) is 49.2 Å². The van der Waals surface area contributed by atoms with Crippen molar-refractivity contribution >= 4 is 17.5 Å². The summed E-state index contributed by atoms with van der Waals surface area (Å²) in [6.07, 6.45) is 0.963. The highest BCUT2D eigenvalue weighted by atomic mass is 16.2. The van der Waals surface area contributed by atoms with Crippen LogP contribution in [0.15, 0.2) is 18.2 Å². The monoisotopic (exact) mass is 417 g/mol. The predicted molar refractivity (Wildman–Crippen MR) is 119 cm³/mol. The number of benzene rings is 1. The minimum Gasteiger partial charge on any atom is -0.360 e. The molecule has 2 fully saturated rings. The molecule has 0 aromatic heterocycles. The first kappa shape index (κ1) is 22.6. The molecule has 7 nitrogen and oxygen atoms in total. The lowest BCUT2D eigenvalue weighted by molar-refractivity contribution is -0.898. The largest absolute Gasteiger partial charge is 0.360 e. The van der Waals surface area contributed by atoms with E-state index in [0.717, 1.165) is 65.3 Å². The molecule has 0 aliphatic carbocycles. The second kappa shape index (κ2) is 10.8. The molecule has 0 bridgehead atoms. The van der Waals surface area contributed by atoms with Crippen LogP contribution in [0.2, 0.25) is 0 Å². The molecule has 0 unspecified atom stereocenters. The lowest BCUT2D eigenvalue weighted by atomic mass is 10.1. The summed E-state index contributed by atoms with van der Waals surface area (Å²) in [5.41, 5.74) is 4.03. The highest BCUT2D eigenvalue weighted by Gasteiger charge is 2.29. The number of hydrogen-bond acceptors (Lipinski definition) is 3. The topological polar surface area (TPSA) is 61.5 Å². The van der Waals surface area contributed by atoms with Gasteiger partial charge in [0.15, 0.2) is 13.1 Å². The van der Waals surface area contributed by atoms with E-state index in [4.69, 9.17) is 0 Å². The molecular weight excluding hydrogens is 378 g/mol. The number of piperazine rings is 2. The fourth-order valence-electron chi connectivity index (χ4n) is 4.45. The van der Waals surface area contributed by atoms with E-state index >= 15 is 0 Å². The van der Waals surface area contributed by atoms with E-state index in [-0.39, 0.29) is 11.8 Å². The van der Waals surface area contributed by atoms with Gasteiger partial charge < -0.3 is 24.9 Å². The van der Waals surface area contributed by atoms with E-state index in [1.54, 1.807) is 0 Å². The van der Waals surface area contributed by atoms with Gasteiger partial charge in [0.2, 0.25) is 0 Å². The number of amides is 2. The van der Waals surface area contributed by atoms with Gasteiger partial charge in [-0.05, 0) is 37.5 Å². The molecule has 2 heterocycles. The number of rotatable bonds is 7. The lowest BCUT2D eigenvalue weighted by Gasteiger charge is -2.36. The SMILES string of the molecule is CCCNC(=O)C[NH+]1CCN(C(=O)C[NH+]2CCN(c3cccc(C)c3C)CC2)CC1. The molecule has 7 heteroatoms. The van der Waals surface area contributed by atoms with Crippen molar-refractivity contribution in [1.29, 1.82) is 0 Å². The third-order valence-corrected chi connectivity index (χ3v) is 6.59. The Balaban J connectivity index is 1.39. The fourth-order valence-corrected chi connectivity index (χ4v) is 4.45. The molecule has 3 N–H and O–H groups in total. The molecule has 2 amide bonds. The predicted octanol–water partition coefficient (Wildman–Crippen LogP) is -1.74. The van der Waals surface area contributed by atoms with Crippen molar-refractivity contribution in [3.63, 3.8) is 0 Å². The molecule has 166 valence electrons. The summed E-state index contributed by atoms with van der Waals surface area (Å²) < 4.78 is 0. The highest BCUT2D eigenvalue weighted by molar-refractivity contribution is 5.77. The van der Waals surface area contributed by atoms with Gasteiger partial charge in [-0.3, -0.25) is 9.59 Å². The maximum absolute atomic E-state index is 12.8. The Morgan fingerprint density at radius 3 is 2.27 bits per heavy atom. The van der Waals surface area contributed by atoms with Gasteiger partial charge in [-0.25, -0.2) is 0 Å². The van der Waals surface area contributed by atoms with E-state index in [9.17, 15) is 9.59 Å². The van der Waals surface area contributed by atoms with Crippen LogP contribution < -0.4 is 20.0 Å². The normalized spacial score (nSPS) is 18.5. The van der Waals surface area contributed by atoms with Crippen LogP contribution in [0.3, 0.4) is 0 Å². The summed E-state index contributed by atoms with van der Waals surface area (Å²) in [5, 5.41) is 2.94. The van der Waals surface area contributed by atoms with E-state index < -0.39 is 0 Å². The molecule has 2 saturated heterocycles. The highest BCUT2D eigenvalue weighted by Crippen LogP contribution is 2.22. The first-order valence-electron chi connectivity index (χ1n) is 11.5. The number of hydrogen-bond donors (Lipinski definition) is 3. The van der Waals surface area contributed by atoms with Crippen LogP contribution in [0.4, 0.5) is 5.69 Å². The first-order valence-corrected chi connectivity index (χ1v) is 11.5. The second-order valence-electron chi connectivity index (χ2n) is 8.79. The van der Waals surface area contributed by atoms with Gasteiger partial charge in [-0.2, -0.15) is 0 Å². The van der Waals surface area contributed by atoms with Gasteiger partial charge in [0, 0.05) is 12.2 Å². The number of anilines is 1. The van der Waals surface area contributed by atoms with Crippen molar-refractivity contribution in [3.8, 4) is 0 Å². The van der Waals surface area contributed by atoms with Crippen LogP contribution in [0.5, 0.6) is 0 Å². The van der Waals surface area contributed by atoms with Gasteiger partial charge in [0.1, 0.15) is 0 Å². The van der Waals surface area contributed by atoms with E-state index in [0.29, 0.717) is 13.1 Å². The van der Waals surface area contributed by atoms with Crippen molar-refractivity contribution in [2.24, 2.45) is 0 Å². The molecule has 1 aromatic rings. The Morgan fingerprint density at radius 1 is 0.967 bits per heavy atom. The maximum Gasteiger partial charge on any atom is 0.278 e. The zero-order chi connectivity index (χ0) is 21.5. The maximum atomic E-state index is 12.8. The molecule has 3 rings (SSSR count). The number of nitrogens with zero attached hydrogens (tertiary/aromatic N) is 2. The molecule has 0 saturated carbocycles. The number of carbonyl (C=O) groups excluding carboxylic acids is 2. The fraction of sp³-hybridized carbons (Fsp3) is 0.652. The van der Waals surface area contributed by atoms with Crippen LogP contribution in [0.1, 0.15) is 24.5 Å². The number of quaternary nitrogens is 2. The Kier molecular flexibility index (Phi) is 8.10. The molecule has 0 spiro atoms. The van der Waals surface area contributed by atoms with E-state index in [1.165, 1.54) is 26.6 Å². The quantitative estimate of drug-likeness (QED) is 0.494. The number of aryl methyl sites for hydroxylation is 1. The van der Waals surface area contributed by atoms with Gasteiger partial charge in [0.25, 0.3) is 11.8 Å². The van der Waals surface area contributed by atoms with Crippen molar-refractivity contribution in [3.05, 3.63) is 29.3 Å². The van der Waals surface area contributed by atoms with Gasteiger partial charge in [-0.1, -0.05) is 19.1 Å². The summed E-state index contributed by atoms with van der Waals surface area (Å²) in [4.78, 5) is 31.8. The van der Waals surface area contributed by atoms with Crippen molar-refractivity contribution in [2.75, 3.05) is 76.9 Å². The summed E-state index contributed by atoms with van der Waals surface area (Å²) in [5.74, 6) is 0.387. The molecule has 0 radical (unpaired) electrons. The minimum atomic E-state index is 0.123. The zero-order valence-corrected chi connectivity index (χ0v) is 18.9. The first-order chi connectivity index (χ1) is 14.5. The molecule has 0 atom stereocenters. The zero-order valence-electron chi connectivity index (χ0n) is 18.9. The van der Waals surface area contributed by atoms with Crippen molar-refractivity contribution in [1.82, 2.24) is 10.2 Å². The number of carbonyl (C=O) groups is 2. The van der Waals surface area contributed by atoms with Crippen LogP contribution >= 0.6 is 0 Å². The smallest absolute Gasteiger partial charge is 0.278 e. The lowest BCUT2D eigenvalue weighted by Crippen LogP contribution is -3.17. The summed E-state index contributed by atoms with van der Waals surface area (Å²) in [6.45, 7) is 15.5. The van der Waals surface area contributed by atoms with Crippen molar-refractivity contribution in [2.45, 2.75) is 27.2 Å². The molecule has 1 aromatic carbocycles. The standard InChI is InChI=1S/C23H37N5O2/c1-4-8-24-22(29)17-25-11-15-28(16-12-25)23(30)18-26-9-13-27(14-10-26)21-7-5-6-19(2)20(21)3/h5-7H,4,8-18H2,1-3H3,(H,24,29)/p+2. The van der Waals surface area contributed by atoms with Crippen LogP contribution in [0.25, 0.3) is 0 Å². The second-order valence-corrected chi connectivity index (χ2v) is 8.79. The Morgan fingerprint density at radius 2 is 1.60 bits per heavy atom. The third kappa shape index (κ3) is 5.95. The Bertz CT molecular complexity index is 722. The molecule has 30 heavy (non-hydrogen) atoms. The summed E-state index contributed by atoms with van der Waals surface area (Å²) in [6, 6.07) is 6.51. The van der Waals surface area contributed by atoms with Crippen LogP contribution in [-0.4, -0.2) is 88.7 Å². The van der Waals surface area contributed by atoms with Gasteiger partial charge in [0.05, 0.1) is 52.4 Å². The summed E-state index contributed by atoms with van der Waals surface area (Å²) in [7, 11) is 0. The third-order valence-electron chi connectivity index (χ3n) is 6.59. The molecule has 2 aliphatic heterocycles. The van der Waals surface area contributed by atoms with Gasteiger partial charge in [-0.15, -0.1) is 0 Å². The minimum absolute atomic E-state index is 0.123.